The van der Waals surface area contributed by atoms with Crippen LogP contribution < -0.4 is 15.4 Å². The molecule has 3 rings (SSSR count). The highest BCUT2D eigenvalue weighted by molar-refractivity contribution is 5.42. The van der Waals surface area contributed by atoms with Crippen LogP contribution in [0.5, 0.6) is 11.5 Å². The second kappa shape index (κ2) is 17.2. The van der Waals surface area contributed by atoms with Crippen LogP contribution in [0.25, 0.3) is 0 Å². The number of hydrogen-bond acceptors (Lipinski definition) is 7. The van der Waals surface area contributed by atoms with E-state index in [4.69, 9.17) is 9.15 Å². The fourth-order valence-electron chi connectivity index (χ4n) is 5.11. The molecule has 0 aliphatic rings. The number of aromatic nitrogens is 1. The van der Waals surface area contributed by atoms with Gasteiger partial charge in [-0.05, 0) is 86.5 Å². The number of likely N-dealkylation sites (N-methyl/N-ethyl adjacent to an activating group) is 1. The third-order valence-electron chi connectivity index (χ3n) is 7.62. The third-order valence-corrected chi connectivity index (χ3v) is 7.62. The summed E-state index contributed by atoms with van der Waals surface area (Å²) in [6.07, 6.45) is 7.98. The lowest BCUT2D eigenvalue weighted by Crippen LogP contribution is -2.38. The Bertz CT molecular complexity index is 1140. The number of benzene rings is 1. The van der Waals surface area contributed by atoms with E-state index >= 15 is 0 Å². The number of phenolic OH excluding ortho intramolecular Hbond substituents is 1. The molecule has 2 heterocycles. The van der Waals surface area contributed by atoms with Crippen LogP contribution in [0.3, 0.4) is 0 Å². The second-order valence-corrected chi connectivity index (χ2v) is 11.1. The molecule has 6 N–H and O–H groups in total. The first-order valence-corrected chi connectivity index (χ1v) is 15.3. The van der Waals surface area contributed by atoms with Crippen LogP contribution in [0.15, 0.2) is 47.0 Å². The standard InChI is InChI=1S/C33H51N3O5/c1-5-7-9-27-14-15-28(41-27)13-11-25-12-16-32(39)33(18-25)40-22-31(34-6-2)30-19-26(21-36-30)24(4)29(10-8-17-37)35-20-23(3)38/h12,14-16,18-19,21,23-24,29,31,34-39H,5-11,13,17,20,22H2,1-4H3. The number of phenols is 1. The smallest absolute Gasteiger partial charge is 0.161 e. The zero-order chi connectivity index (χ0) is 29.6. The van der Waals surface area contributed by atoms with E-state index in [1.165, 1.54) is 0 Å². The van der Waals surface area contributed by atoms with Crippen LogP contribution in [0.4, 0.5) is 0 Å². The van der Waals surface area contributed by atoms with Crippen molar-refractivity contribution in [3.05, 3.63) is 70.9 Å². The molecule has 0 bridgehead atoms. The van der Waals surface area contributed by atoms with Crippen molar-refractivity contribution in [2.75, 3.05) is 26.3 Å². The number of aliphatic hydroxyl groups excluding tert-OH is 2. The van der Waals surface area contributed by atoms with Crippen molar-refractivity contribution in [3.8, 4) is 11.5 Å². The van der Waals surface area contributed by atoms with Gasteiger partial charge in [0.25, 0.3) is 0 Å². The number of aryl methyl sites for hydroxylation is 3. The maximum atomic E-state index is 10.5. The quantitative estimate of drug-likeness (QED) is 0.108. The number of ether oxygens (including phenoxy) is 1. The van der Waals surface area contributed by atoms with Crippen molar-refractivity contribution in [3.63, 3.8) is 0 Å². The molecule has 8 heteroatoms. The van der Waals surface area contributed by atoms with Crippen molar-refractivity contribution in [1.29, 1.82) is 0 Å². The minimum Gasteiger partial charge on any atom is -0.504 e. The fourth-order valence-corrected chi connectivity index (χ4v) is 5.11. The lowest BCUT2D eigenvalue weighted by atomic mass is 9.91. The van der Waals surface area contributed by atoms with E-state index in [0.717, 1.165) is 73.4 Å². The van der Waals surface area contributed by atoms with Gasteiger partial charge in [0, 0.05) is 43.9 Å². The van der Waals surface area contributed by atoms with Gasteiger partial charge in [-0.1, -0.05) is 33.3 Å². The Morgan fingerprint density at radius 3 is 2.46 bits per heavy atom. The maximum absolute atomic E-state index is 10.5. The summed E-state index contributed by atoms with van der Waals surface area (Å²) >= 11 is 0. The first kappa shape index (κ1) is 32.7. The zero-order valence-electron chi connectivity index (χ0n) is 25.3. The number of unbranched alkanes of at least 4 members (excludes halogenated alkanes) is 1. The van der Waals surface area contributed by atoms with Crippen molar-refractivity contribution >= 4 is 0 Å². The highest BCUT2D eigenvalue weighted by Gasteiger charge is 2.22. The molecule has 1 aromatic carbocycles. The number of hydrogen-bond donors (Lipinski definition) is 6. The number of aromatic amines is 1. The van der Waals surface area contributed by atoms with Crippen LogP contribution in [0, 0.1) is 0 Å². The summed E-state index contributed by atoms with van der Waals surface area (Å²) in [5.74, 6) is 2.81. The Morgan fingerprint density at radius 1 is 0.976 bits per heavy atom. The Morgan fingerprint density at radius 2 is 1.76 bits per heavy atom. The monoisotopic (exact) mass is 569 g/mol. The molecule has 0 saturated heterocycles. The van der Waals surface area contributed by atoms with Gasteiger partial charge in [0.15, 0.2) is 11.5 Å². The Labute approximate surface area is 245 Å². The highest BCUT2D eigenvalue weighted by atomic mass is 16.5. The van der Waals surface area contributed by atoms with Crippen LogP contribution in [0.2, 0.25) is 0 Å². The Hall–Kier alpha value is -2.78. The van der Waals surface area contributed by atoms with E-state index in [0.29, 0.717) is 25.3 Å². The highest BCUT2D eigenvalue weighted by Crippen LogP contribution is 2.30. The van der Waals surface area contributed by atoms with Crippen molar-refractivity contribution in [1.82, 2.24) is 15.6 Å². The van der Waals surface area contributed by atoms with Crippen LogP contribution in [-0.2, 0) is 19.3 Å². The zero-order valence-corrected chi connectivity index (χ0v) is 25.3. The average molecular weight is 570 g/mol. The summed E-state index contributed by atoms with van der Waals surface area (Å²) in [4.78, 5) is 3.42. The summed E-state index contributed by atoms with van der Waals surface area (Å²) in [6, 6.07) is 11.9. The van der Waals surface area contributed by atoms with Crippen molar-refractivity contribution < 1.29 is 24.5 Å². The van der Waals surface area contributed by atoms with E-state index in [2.05, 4.69) is 54.6 Å². The fraction of sp³-hybridized carbons (Fsp3) is 0.576. The first-order valence-electron chi connectivity index (χ1n) is 15.3. The number of rotatable bonds is 20. The largest absolute Gasteiger partial charge is 0.504 e. The van der Waals surface area contributed by atoms with Gasteiger partial charge >= 0.3 is 0 Å². The lowest BCUT2D eigenvalue weighted by Gasteiger charge is -2.25. The molecule has 0 aliphatic heterocycles. The molecule has 0 amide bonds. The van der Waals surface area contributed by atoms with E-state index in [1.807, 2.05) is 18.3 Å². The van der Waals surface area contributed by atoms with Gasteiger partial charge < -0.3 is 40.1 Å². The molecule has 41 heavy (non-hydrogen) atoms. The SMILES string of the molecule is CCCCc1ccc(CCc2ccc(O)c(OCC(NCC)c3cc(C(C)C(CCCO)NCC(C)O)c[nH]3)c2)o1. The molecule has 228 valence electrons. The molecular formula is C33H51N3O5. The van der Waals surface area contributed by atoms with E-state index in [1.54, 1.807) is 13.0 Å². The van der Waals surface area contributed by atoms with E-state index < -0.39 is 6.10 Å². The minimum atomic E-state index is -0.431. The van der Waals surface area contributed by atoms with Crippen molar-refractivity contribution in [2.24, 2.45) is 0 Å². The van der Waals surface area contributed by atoms with Crippen molar-refractivity contribution in [2.45, 2.75) is 96.7 Å². The summed E-state index contributed by atoms with van der Waals surface area (Å²) in [5.41, 5.74) is 3.25. The Kier molecular flexibility index (Phi) is 13.8. The Balaban J connectivity index is 1.63. The van der Waals surface area contributed by atoms with Gasteiger partial charge in [-0.25, -0.2) is 0 Å². The normalized spacial score (nSPS) is 14.6. The van der Waals surface area contributed by atoms with Crippen LogP contribution in [-0.4, -0.2) is 58.8 Å². The topological polar surface area (TPSA) is 123 Å². The summed E-state index contributed by atoms with van der Waals surface area (Å²) in [7, 11) is 0. The predicted molar refractivity (Wildman–Crippen MR) is 164 cm³/mol. The number of aliphatic hydroxyl groups is 2. The minimum absolute atomic E-state index is 0.0880. The molecule has 0 spiro atoms. The predicted octanol–water partition coefficient (Wildman–Crippen LogP) is 5.39. The number of aromatic hydroxyl groups is 1. The molecule has 4 atom stereocenters. The van der Waals surface area contributed by atoms with Gasteiger partial charge in [0.2, 0.25) is 0 Å². The van der Waals surface area contributed by atoms with Gasteiger partial charge in [0.05, 0.1) is 12.1 Å². The van der Waals surface area contributed by atoms with E-state index in [9.17, 15) is 15.3 Å². The summed E-state index contributed by atoms with van der Waals surface area (Å²) in [5, 5.41) is 36.6. The second-order valence-electron chi connectivity index (χ2n) is 11.1. The molecule has 0 fully saturated rings. The lowest BCUT2D eigenvalue weighted by molar-refractivity contribution is 0.180. The molecule has 0 radical (unpaired) electrons. The number of furan rings is 1. The average Bonchev–Trinajstić information content (AvgIpc) is 3.64. The summed E-state index contributed by atoms with van der Waals surface area (Å²) in [6.45, 7) is 9.96. The molecule has 2 aromatic heterocycles. The molecule has 8 nitrogen and oxygen atoms in total. The first-order chi connectivity index (χ1) is 19.8. The number of nitrogens with one attached hydrogen (secondary N) is 3. The molecule has 0 aliphatic carbocycles. The van der Waals surface area contributed by atoms with Gasteiger partial charge in [-0.3, -0.25) is 0 Å². The van der Waals surface area contributed by atoms with Gasteiger partial charge in [-0.2, -0.15) is 0 Å². The third kappa shape index (κ3) is 10.5. The molecule has 3 aromatic rings. The molecule has 4 unspecified atom stereocenters. The van der Waals surface area contributed by atoms with Crippen LogP contribution in [0.1, 0.15) is 93.7 Å². The van der Waals surface area contributed by atoms with Crippen LogP contribution >= 0.6 is 0 Å². The maximum Gasteiger partial charge on any atom is 0.161 e. The van der Waals surface area contributed by atoms with Gasteiger partial charge in [-0.15, -0.1) is 0 Å². The number of H-pyrrole nitrogens is 1. The van der Waals surface area contributed by atoms with E-state index in [-0.39, 0.29) is 30.4 Å². The molecule has 0 saturated carbocycles. The van der Waals surface area contributed by atoms with Gasteiger partial charge in [0.1, 0.15) is 18.1 Å². The summed E-state index contributed by atoms with van der Waals surface area (Å²) < 4.78 is 12.1. The molecular weight excluding hydrogens is 518 g/mol.